The first kappa shape index (κ1) is 20.5. The van der Waals surface area contributed by atoms with Gasteiger partial charge >= 0.3 is 0 Å². The average molecular weight is 394 g/mol. The van der Waals surface area contributed by atoms with Gasteiger partial charge in [0.2, 0.25) is 0 Å². The van der Waals surface area contributed by atoms with Gasteiger partial charge in [0.25, 0.3) is 0 Å². The topological polar surface area (TPSA) is 28.6 Å². The fourth-order valence-electron chi connectivity index (χ4n) is 4.77. The van der Waals surface area contributed by atoms with Crippen molar-refractivity contribution in [3.8, 4) is 0 Å². The van der Waals surface area contributed by atoms with Crippen molar-refractivity contribution in [1.82, 2.24) is 14.8 Å². The zero-order chi connectivity index (χ0) is 19.9. The smallest absolute Gasteiger partial charge is 0.0507 e. The van der Waals surface area contributed by atoms with Crippen LogP contribution in [0.15, 0.2) is 48.8 Å². The molecule has 2 aromatic rings. The Morgan fingerprint density at radius 1 is 1.03 bits per heavy atom. The Balaban J connectivity index is 1.30. The van der Waals surface area contributed by atoms with Gasteiger partial charge in [0.15, 0.2) is 0 Å². The van der Waals surface area contributed by atoms with Gasteiger partial charge in [0, 0.05) is 45.2 Å². The van der Waals surface area contributed by atoms with Crippen LogP contribution in [0.4, 0.5) is 0 Å². The number of pyridine rings is 1. The molecule has 0 spiro atoms. The monoisotopic (exact) mass is 393 g/mol. The van der Waals surface area contributed by atoms with E-state index in [9.17, 15) is 0 Å². The summed E-state index contributed by atoms with van der Waals surface area (Å²) in [5, 5.41) is 0. The number of hydrogen-bond acceptors (Lipinski definition) is 4. The van der Waals surface area contributed by atoms with Gasteiger partial charge in [-0.15, -0.1) is 0 Å². The highest BCUT2D eigenvalue weighted by molar-refractivity contribution is 5.25. The zero-order valence-corrected chi connectivity index (χ0v) is 17.8. The summed E-state index contributed by atoms with van der Waals surface area (Å²) in [7, 11) is 0. The standard InChI is InChI=1S/C25H35N3O/c1-21-5-2-3-7-25(21)19-27-12-8-22(9-13-27)16-28(18-24-10-14-29-20-24)17-23-6-4-11-26-15-23/h2-7,11,15,22,24H,8-10,12-14,16-20H2,1H3/t24-/m1/s1. The minimum Gasteiger partial charge on any atom is -0.381 e. The molecule has 156 valence electrons. The van der Waals surface area contributed by atoms with Crippen LogP contribution >= 0.6 is 0 Å². The van der Waals surface area contributed by atoms with Gasteiger partial charge in [-0.3, -0.25) is 14.8 Å². The summed E-state index contributed by atoms with van der Waals surface area (Å²) >= 11 is 0. The highest BCUT2D eigenvalue weighted by Crippen LogP contribution is 2.23. The molecule has 3 heterocycles. The lowest BCUT2D eigenvalue weighted by molar-refractivity contribution is 0.119. The molecule has 4 nitrogen and oxygen atoms in total. The van der Waals surface area contributed by atoms with Crippen molar-refractivity contribution in [2.75, 3.05) is 39.4 Å². The molecule has 1 atom stereocenters. The first-order chi connectivity index (χ1) is 14.3. The van der Waals surface area contributed by atoms with E-state index in [1.807, 2.05) is 12.4 Å². The lowest BCUT2D eigenvalue weighted by Gasteiger charge is -2.35. The summed E-state index contributed by atoms with van der Waals surface area (Å²) in [6.45, 7) is 11.0. The Morgan fingerprint density at radius 2 is 1.86 bits per heavy atom. The van der Waals surface area contributed by atoms with Crippen LogP contribution in [0.25, 0.3) is 0 Å². The van der Waals surface area contributed by atoms with Gasteiger partial charge < -0.3 is 4.74 Å². The molecule has 0 saturated carbocycles. The Hall–Kier alpha value is -1.75. The Morgan fingerprint density at radius 3 is 2.59 bits per heavy atom. The molecule has 2 aliphatic rings. The lowest BCUT2D eigenvalue weighted by Crippen LogP contribution is -2.40. The molecule has 0 aliphatic carbocycles. The van der Waals surface area contributed by atoms with Crippen molar-refractivity contribution < 1.29 is 4.74 Å². The number of likely N-dealkylation sites (tertiary alicyclic amines) is 1. The van der Waals surface area contributed by atoms with Crippen LogP contribution in [0.5, 0.6) is 0 Å². The van der Waals surface area contributed by atoms with Gasteiger partial charge in [-0.2, -0.15) is 0 Å². The fraction of sp³-hybridized carbons (Fsp3) is 0.560. The van der Waals surface area contributed by atoms with Crippen molar-refractivity contribution in [1.29, 1.82) is 0 Å². The summed E-state index contributed by atoms with van der Waals surface area (Å²) in [6.07, 6.45) is 7.69. The third-order valence-electron chi connectivity index (χ3n) is 6.55. The van der Waals surface area contributed by atoms with Gasteiger partial charge in [0.05, 0.1) is 6.61 Å². The molecule has 0 amide bonds. The molecule has 29 heavy (non-hydrogen) atoms. The predicted octanol–water partition coefficient (Wildman–Crippen LogP) is 4.14. The van der Waals surface area contributed by atoms with E-state index in [0.29, 0.717) is 5.92 Å². The molecule has 2 aliphatic heterocycles. The summed E-state index contributed by atoms with van der Waals surface area (Å²) in [4.78, 5) is 9.61. The van der Waals surface area contributed by atoms with E-state index >= 15 is 0 Å². The largest absolute Gasteiger partial charge is 0.381 e. The molecule has 4 rings (SSSR count). The third kappa shape index (κ3) is 6.11. The second-order valence-electron chi connectivity index (χ2n) is 8.93. The lowest BCUT2D eigenvalue weighted by atomic mass is 9.94. The van der Waals surface area contributed by atoms with E-state index in [1.165, 1.54) is 55.6 Å². The quantitative estimate of drug-likeness (QED) is 0.674. The van der Waals surface area contributed by atoms with Crippen LogP contribution in [-0.2, 0) is 17.8 Å². The molecule has 0 N–H and O–H groups in total. The van der Waals surface area contributed by atoms with Crippen molar-refractivity contribution in [3.63, 3.8) is 0 Å². The molecule has 2 saturated heterocycles. The van der Waals surface area contributed by atoms with Crippen LogP contribution in [-0.4, -0.2) is 54.2 Å². The van der Waals surface area contributed by atoms with E-state index in [0.717, 1.165) is 38.8 Å². The summed E-state index contributed by atoms with van der Waals surface area (Å²) in [5.74, 6) is 1.48. The minimum atomic E-state index is 0.688. The van der Waals surface area contributed by atoms with Gasteiger partial charge in [-0.1, -0.05) is 30.3 Å². The number of piperidine rings is 1. The molecule has 2 fully saturated rings. The van der Waals surface area contributed by atoms with Crippen LogP contribution in [0.3, 0.4) is 0 Å². The second-order valence-corrected chi connectivity index (χ2v) is 8.93. The number of aromatic nitrogens is 1. The van der Waals surface area contributed by atoms with Crippen LogP contribution in [0.1, 0.15) is 36.0 Å². The maximum atomic E-state index is 5.63. The van der Waals surface area contributed by atoms with Crippen LogP contribution < -0.4 is 0 Å². The third-order valence-corrected chi connectivity index (χ3v) is 6.55. The molecule has 1 aromatic carbocycles. The molecule has 1 aromatic heterocycles. The van der Waals surface area contributed by atoms with E-state index in [2.05, 4.69) is 58.1 Å². The van der Waals surface area contributed by atoms with E-state index in [-0.39, 0.29) is 0 Å². The highest BCUT2D eigenvalue weighted by Gasteiger charge is 2.25. The SMILES string of the molecule is Cc1ccccc1CN1CCC(CN(Cc2cccnc2)C[C@H]2CCOC2)CC1. The molecule has 0 unspecified atom stereocenters. The molecule has 0 bridgehead atoms. The van der Waals surface area contributed by atoms with Gasteiger partial charge in [-0.05, 0) is 73.9 Å². The summed E-state index contributed by atoms with van der Waals surface area (Å²) in [6, 6.07) is 13.1. The fourth-order valence-corrected chi connectivity index (χ4v) is 4.77. The molecule has 0 radical (unpaired) electrons. The maximum Gasteiger partial charge on any atom is 0.0507 e. The minimum absolute atomic E-state index is 0.688. The zero-order valence-electron chi connectivity index (χ0n) is 17.8. The normalized spacial score (nSPS) is 21.1. The van der Waals surface area contributed by atoms with E-state index in [1.54, 1.807) is 0 Å². The Kier molecular flexibility index (Phi) is 7.31. The van der Waals surface area contributed by atoms with Crippen LogP contribution in [0.2, 0.25) is 0 Å². The van der Waals surface area contributed by atoms with E-state index in [4.69, 9.17) is 4.74 Å². The molecular formula is C25H35N3O. The Bertz CT molecular complexity index is 737. The molecular weight excluding hydrogens is 358 g/mol. The van der Waals surface area contributed by atoms with Gasteiger partial charge in [-0.25, -0.2) is 0 Å². The number of hydrogen-bond donors (Lipinski definition) is 0. The van der Waals surface area contributed by atoms with Crippen molar-refractivity contribution in [2.24, 2.45) is 11.8 Å². The number of benzene rings is 1. The summed E-state index contributed by atoms with van der Waals surface area (Å²) < 4.78 is 5.63. The van der Waals surface area contributed by atoms with Crippen LogP contribution in [0, 0.1) is 18.8 Å². The summed E-state index contributed by atoms with van der Waals surface area (Å²) in [5.41, 5.74) is 4.21. The number of aryl methyl sites for hydroxylation is 1. The second kappa shape index (κ2) is 10.3. The van der Waals surface area contributed by atoms with Crippen molar-refractivity contribution in [3.05, 3.63) is 65.5 Å². The van der Waals surface area contributed by atoms with Crippen molar-refractivity contribution >= 4 is 0 Å². The van der Waals surface area contributed by atoms with E-state index < -0.39 is 0 Å². The number of nitrogens with zero attached hydrogens (tertiary/aromatic N) is 3. The number of ether oxygens (including phenoxy) is 1. The highest BCUT2D eigenvalue weighted by atomic mass is 16.5. The van der Waals surface area contributed by atoms with Gasteiger partial charge in [0.1, 0.15) is 0 Å². The predicted molar refractivity (Wildman–Crippen MR) is 118 cm³/mol. The van der Waals surface area contributed by atoms with Crippen molar-refractivity contribution in [2.45, 2.75) is 39.3 Å². The number of rotatable bonds is 8. The maximum absolute atomic E-state index is 5.63. The molecule has 4 heteroatoms. The Labute approximate surface area is 175 Å². The average Bonchev–Trinajstić information content (AvgIpc) is 3.25. The first-order valence-electron chi connectivity index (χ1n) is 11.2. The first-order valence-corrected chi connectivity index (χ1v) is 11.2.